The fourth-order valence-electron chi connectivity index (χ4n) is 10.3. The number of aliphatic hydroxyl groups excluding tert-OH is 2. The molecule has 2 aromatic rings. The highest BCUT2D eigenvalue weighted by Gasteiger charge is 2.62. The Bertz CT molecular complexity index is 2910. The molecule has 4 rings (SSSR count). The normalized spacial score (nSPS) is 22.8. The monoisotopic (exact) mass is 1300 g/mol. The molecule has 1 saturated heterocycles. The van der Waals surface area contributed by atoms with E-state index in [1.54, 1.807) is 55.4 Å². The summed E-state index contributed by atoms with van der Waals surface area (Å²) < 4.78 is 32.8. The first-order chi connectivity index (χ1) is 43.4. The molecule has 2 aliphatic rings. The van der Waals surface area contributed by atoms with Gasteiger partial charge in [0.25, 0.3) is 0 Å². The van der Waals surface area contributed by atoms with Gasteiger partial charge < -0.3 is 79.6 Å². The molecule has 17 atom stereocenters. The zero-order valence-electron chi connectivity index (χ0n) is 53.9. The molecule has 29 heteroatoms. The van der Waals surface area contributed by atoms with Crippen molar-refractivity contribution < 1.29 is 81.3 Å². The number of amides is 11. The average Bonchev–Trinajstić information content (AvgIpc) is 1.58. The lowest BCUT2D eigenvalue weighted by Crippen LogP contribution is -2.63. The van der Waals surface area contributed by atoms with E-state index in [-0.39, 0.29) is 25.7 Å². The number of nitrogens with two attached hydrogens (primary N) is 2. The van der Waals surface area contributed by atoms with E-state index in [4.69, 9.17) is 16.2 Å². The van der Waals surface area contributed by atoms with Crippen LogP contribution in [0.3, 0.4) is 0 Å². The van der Waals surface area contributed by atoms with Crippen LogP contribution in [0.5, 0.6) is 0 Å². The number of esters is 1. The summed E-state index contributed by atoms with van der Waals surface area (Å²) >= 11 is 0. The summed E-state index contributed by atoms with van der Waals surface area (Å²) in [6.45, 7) is 13.6. The zero-order chi connectivity index (χ0) is 68.9. The van der Waals surface area contributed by atoms with E-state index in [2.05, 4.69) is 53.2 Å². The van der Waals surface area contributed by atoms with Crippen molar-refractivity contribution in [1.29, 1.82) is 0 Å². The van der Waals surface area contributed by atoms with Gasteiger partial charge in [-0.2, -0.15) is 0 Å². The van der Waals surface area contributed by atoms with E-state index in [9.17, 15) is 76.5 Å². The van der Waals surface area contributed by atoms with Gasteiger partial charge in [-0.1, -0.05) is 136 Å². The number of carbonyl (C=O) groups is 12. The van der Waals surface area contributed by atoms with Gasteiger partial charge in [0.05, 0.1) is 19.3 Å². The van der Waals surface area contributed by atoms with Crippen LogP contribution in [0.4, 0.5) is 8.78 Å². The van der Waals surface area contributed by atoms with Gasteiger partial charge in [-0.05, 0) is 79.4 Å². The van der Waals surface area contributed by atoms with E-state index >= 15 is 0 Å². The van der Waals surface area contributed by atoms with Crippen LogP contribution in [0, 0.1) is 29.6 Å². The molecule has 1 heterocycles. The zero-order valence-corrected chi connectivity index (χ0v) is 53.9. The van der Waals surface area contributed by atoms with Crippen molar-refractivity contribution in [2.24, 2.45) is 41.1 Å². The molecule has 1 aliphatic carbocycles. The van der Waals surface area contributed by atoms with Crippen LogP contribution in [0.25, 0.3) is 11.1 Å². The Hall–Kier alpha value is -8.18. The minimum absolute atomic E-state index is 0.121. The molecule has 27 nitrogen and oxygen atoms in total. The Morgan fingerprint density at radius 3 is 1.61 bits per heavy atom. The standard InChI is InChI=1S/C63H94F2N12O15/c1-11-31(5)47(72-53(82)41(66)26-37-20-22-39(23-21-37)38-18-16-15-17-19-38)57(86)70-43(29-78)55(84)69-42(24-25-46(67)80)54(83)73-49(33(7)13-3)59(88)74-48(32(6)12-2)58(87)71-44(30-79)56(85)75-51-36(10)92-61(90)50(34(8)14-4)76-62(91)63(28-40(63)27-45(64)65)77-52(81)35(9)68-60(51)89/h15-23,31-36,40-45,47-51,78-79H,11-14,24-30,66H2,1-10H3,(H2,67,80)(H,68,89)(H,69,84)(H,70,86)(H,71,87)(H,72,82)(H,73,83)(H,74,88)(H,75,85)(H,76,91)(H,77,81)/t31-,32-,33-,34-,35-,36-,40+,41+,42+,43-,44-,47-,48-,49+,50-,51+,63+/m0/s1. The first-order valence-corrected chi connectivity index (χ1v) is 31.3. The summed E-state index contributed by atoms with van der Waals surface area (Å²) in [5.74, 6) is -15.3. The highest BCUT2D eigenvalue weighted by Crippen LogP contribution is 2.48. The predicted molar refractivity (Wildman–Crippen MR) is 332 cm³/mol. The van der Waals surface area contributed by atoms with Crippen molar-refractivity contribution in [2.75, 3.05) is 13.2 Å². The fraction of sp³-hybridized carbons (Fsp3) is 0.619. The van der Waals surface area contributed by atoms with Gasteiger partial charge >= 0.3 is 5.97 Å². The number of halogens is 2. The second-order valence-electron chi connectivity index (χ2n) is 24.2. The minimum Gasteiger partial charge on any atom is -0.458 e. The molecule has 0 unspecified atom stereocenters. The Kier molecular flexibility index (Phi) is 29.5. The van der Waals surface area contributed by atoms with Crippen molar-refractivity contribution in [3.63, 3.8) is 0 Å². The molecule has 1 saturated carbocycles. The number of ether oxygens (including phenoxy) is 1. The molecule has 0 radical (unpaired) electrons. The molecule has 2 aromatic carbocycles. The Morgan fingerprint density at radius 1 is 0.630 bits per heavy atom. The van der Waals surface area contributed by atoms with Gasteiger partial charge in [-0.3, -0.25) is 52.7 Å². The lowest BCUT2D eigenvalue weighted by molar-refractivity contribution is -0.157. The largest absolute Gasteiger partial charge is 0.458 e. The predicted octanol–water partition coefficient (Wildman–Crippen LogP) is -0.484. The smallest absolute Gasteiger partial charge is 0.329 e. The van der Waals surface area contributed by atoms with Crippen molar-refractivity contribution in [3.05, 3.63) is 60.2 Å². The third-order valence-electron chi connectivity index (χ3n) is 17.4. The molecule has 0 aromatic heterocycles. The van der Waals surface area contributed by atoms with Crippen LogP contribution in [0.1, 0.15) is 126 Å². The molecular formula is C63H94F2N12O15. The molecule has 11 amide bonds. The summed E-state index contributed by atoms with van der Waals surface area (Å²) in [6, 6.07) is 1.88. The number of rotatable bonds is 32. The first kappa shape index (κ1) is 76.3. The summed E-state index contributed by atoms with van der Waals surface area (Å²) in [5, 5.41) is 45.8. The quantitative estimate of drug-likeness (QED) is 0.0411. The Balaban J connectivity index is 1.50. The maximum Gasteiger partial charge on any atom is 0.329 e. The highest BCUT2D eigenvalue weighted by molar-refractivity contribution is 6.01. The second kappa shape index (κ2) is 35.6. The van der Waals surface area contributed by atoms with Gasteiger partial charge in [0.2, 0.25) is 71.4 Å². The van der Waals surface area contributed by atoms with E-state index < -0.39 is 212 Å². The number of alkyl halides is 2. The number of primary amides is 1. The van der Waals surface area contributed by atoms with E-state index in [1.807, 2.05) is 54.6 Å². The molecule has 2 fully saturated rings. The molecule has 1 aliphatic heterocycles. The Labute approximate surface area is 534 Å². The average molecular weight is 1300 g/mol. The lowest BCUT2D eigenvalue weighted by Gasteiger charge is -2.31. The van der Waals surface area contributed by atoms with E-state index in [1.165, 1.54) is 13.8 Å². The number of cyclic esters (lactones) is 1. The number of nitrogens with one attached hydrogen (secondary N) is 10. The van der Waals surface area contributed by atoms with Gasteiger partial charge in [-0.25, -0.2) is 13.6 Å². The van der Waals surface area contributed by atoms with Gasteiger partial charge in [0.1, 0.15) is 66.0 Å². The Morgan fingerprint density at radius 2 is 1.11 bits per heavy atom. The second-order valence-corrected chi connectivity index (χ2v) is 24.2. The van der Waals surface area contributed by atoms with Crippen LogP contribution in [-0.2, 0) is 68.7 Å². The fourth-order valence-corrected chi connectivity index (χ4v) is 10.3. The first-order valence-electron chi connectivity index (χ1n) is 31.3. The molecular weight excluding hydrogens is 1200 g/mol. The third-order valence-corrected chi connectivity index (χ3v) is 17.4. The highest BCUT2D eigenvalue weighted by atomic mass is 19.3. The minimum atomic E-state index is -2.83. The maximum atomic E-state index is 14.4. The molecule has 16 N–H and O–H groups in total. The van der Waals surface area contributed by atoms with Crippen molar-refractivity contribution >= 4 is 70.9 Å². The van der Waals surface area contributed by atoms with Crippen molar-refractivity contribution in [3.8, 4) is 11.1 Å². The molecule has 0 bridgehead atoms. The number of carbonyl (C=O) groups excluding carboxylic acids is 12. The number of aliphatic hydroxyl groups is 2. The maximum absolute atomic E-state index is 14.4. The van der Waals surface area contributed by atoms with Crippen LogP contribution in [0.15, 0.2) is 54.6 Å². The van der Waals surface area contributed by atoms with Crippen molar-refractivity contribution in [2.45, 2.75) is 206 Å². The van der Waals surface area contributed by atoms with Crippen molar-refractivity contribution in [1.82, 2.24) is 53.2 Å². The van der Waals surface area contributed by atoms with Gasteiger partial charge in [-0.15, -0.1) is 0 Å². The molecule has 92 heavy (non-hydrogen) atoms. The molecule has 510 valence electrons. The SMILES string of the molecule is CC[C@H](C)[C@H](NC(=O)[C@H](N)Cc1ccc(-c2ccccc2)cc1)C(=O)N[C@@H](CO)C(=O)N[C@H](CCC(N)=O)C(=O)N[C@@H](C(=O)N[C@H](C(=O)N[C@@H](CO)C(=O)N[C@H]1C(=O)N[C@@H](C)C(=O)N[C@@]2(C[C@H]2CC(F)F)C(=O)N[C@@H]([C@@H](C)CC)C(=O)O[C@H]1C)[C@@H](C)CC)[C@@H](C)CC. The molecule has 1 spiro atoms. The van der Waals surface area contributed by atoms with Crippen LogP contribution in [-0.4, -0.2) is 173 Å². The number of hydrogen-bond donors (Lipinski definition) is 14. The summed E-state index contributed by atoms with van der Waals surface area (Å²) in [7, 11) is 0. The number of benzene rings is 2. The van der Waals surface area contributed by atoms with Gasteiger partial charge in [0, 0.05) is 12.8 Å². The summed E-state index contributed by atoms with van der Waals surface area (Å²) in [5.41, 5.74) is 12.7. The van der Waals surface area contributed by atoms with E-state index in [0.717, 1.165) is 16.7 Å². The van der Waals surface area contributed by atoms with Crippen LogP contribution >= 0.6 is 0 Å². The van der Waals surface area contributed by atoms with Crippen LogP contribution < -0.4 is 64.6 Å². The van der Waals surface area contributed by atoms with Crippen LogP contribution in [0.2, 0.25) is 0 Å². The van der Waals surface area contributed by atoms with Gasteiger partial charge in [0.15, 0.2) is 0 Å². The lowest BCUT2D eigenvalue weighted by atomic mass is 9.94. The van der Waals surface area contributed by atoms with E-state index in [0.29, 0.717) is 12.8 Å². The number of hydrogen-bond acceptors (Lipinski definition) is 16. The topological polar surface area (TPSA) is 427 Å². The summed E-state index contributed by atoms with van der Waals surface area (Å²) in [4.78, 5) is 166. The summed E-state index contributed by atoms with van der Waals surface area (Å²) in [6.07, 6.45) is -4.98. The third kappa shape index (κ3) is 21.2.